The van der Waals surface area contributed by atoms with E-state index in [4.69, 9.17) is 9.47 Å². The second-order valence-electron chi connectivity index (χ2n) is 10.3. The summed E-state index contributed by atoms with van der Waals surface area (Å²) >= 11 is 0. The predicted molar refractivity (Wildman–Crippen MR) is 163 cm³/mol. The highest BCUT2D eigenvalue weighted by atomic mass is 32.2. The fourth-order valence-electron chi connectivity index (χ4n) is 5.03. The summed E-state index contributed by atoms with van der Waals surface area (Å²) < 4.78 is 68.1. The Morgan fingerprint density at radius 3 is 2.39 bits per heavy atom. The summed E-state index contributed by atoms with van der Waals surface area (Å²) in [6.45, 7) is 0. The van der Waals surface area contributed by atoms with E-state index in [1.54, 1.807) is 73.8 Å². The maximum Gasteiger partial charge on any atom is 0.242 e. The van der Waals surface area contributed by atoms with Crippen molar-refractivity contribution in [3.63, 3.8) is 0 Å². The molecule has 1 aliphatic heterocycles. The number of methoxy groups -OCH3 is 1. The van der Waals surface area contributed by atoms with Gasteiger partial charge < -0.3 is 14.5 Å². The molecule has 0 bridgehead atoms. The summed E-state index contributed by atoms with van der Waals surface area (Å²) in [7, 11) is -6.32. The molecular weight excluding hydrogens is 604 g/mol. The molecule has 1 saturated heterocycles. The number of aromatic nitrogens is 2. The minimum absolute atomic E-state index is 0.00710. The van der Waals surface area contributed by atoms with E-state index in [2.05, 4.69) is 14.7 Å². The number of para-hydroxylation sites is 1. The largest absolute Gasteiger partial charge is 0.497 e. The van der Waals surface area contributed by atoms with E-state index in [0.29, 0.717) is 39.7 Å². The first kappa shape index (κ1) is 29.4. The van der Waals surface area contributed by atoms with Crippen molar-refractivity contribution in [2.24, 2.45) is 0 Å². The molecule has 2 atom stereocenters. The predicted octanol–water partition coefficient (Wildman–Crippen LogP) is 4.52. The number of hydrogen-bond acceptors (Lipinski definition) is 8. The number of nitrogens with one attached hydrogen (secondary N) is 3. The molecule has 1 unspecified atom stereocenters. The average molecular weight is 633 g/mol. The van der Waals surface area contributed by atoms with Crippen molar-refractivity contribution in [1.82, 2.24) is 19.4 Å². The Hall–Kier alpha value is -4.72. The minimum atomic E-state index is -4.08. The van der Waals surface area contributed by atoms with E-state index >= 15 is 0 Å². The third-order valence-electron chi connectivity index (χ3n) is 7.22. The Bertz CT molecular complexity index is 2050. The highest BCUT2D eigenvalue weighted by Gasteiger charge is 2.37. The fourth-order valence-corrected chi connectivity index (χ4v) is 7.69. The van der Waals surface area contributed by atoms with Crippen LogP contribution in [0.2, 0.25) is 0 Å². The topological polar surface area (TPSA) is 157 Å². The summed E-state index contributed by atoms with van der Waals surface area (Å²) in [6, 6.07) is 26.4. The first-order valence-corrected chi connectivity index (χ1v) is 16.6. The molecule has 1 aromatic heterocycles. The van der Waals surface area contributed by atoms with Crippen molar-refractivity contribution < 1.29 is 31.1 Å². The van der Waals surface area contributed by atoms with Gasteiger partial charge in [-0.15, -0.1) is 0 Å². The van der Waals surface area contributed by atoms with Crippen LogP contribution in [-0.2, 0) is 31.3 Å². The molecule has 0 radical (unpaired) electrons. The lowest BCUT2D eigenvalue weighted by Gasteiger charge is -2.18. The van der Waals surface area contributed by atoms with Crippen molar-refractivity contribution in [2.45, 2.75) is 29.0 Å². The van der Waals surface area contributed by atoms with Crippen molar-refractivity contribution in [2.75, 3.05) is 7.11 Å². The van der Waals surface area contributed by atoms with Crippen molar-refractivity contribution in [3.8, 4) is 17.2 Å². The van der Waals surface area contributed by atoms with Crippen LogP contribution in [0.1, 0.15) is 34.7 Å². The van der Waals surface area contributed by atoms with Gasteiger partial charge in [0.05, 0.1) is 35.5 Å². The summed E-state index contributed by atoms with van der Waals surface area (Å²) in [5.74, 6) is 1.38. The Morgan fingerprint density at radius 2 is 1.68 bits per heavy atom. The van der Waals surface area contributed by atoms with Crippen LogP contribution in [-0.4, -0.2) is 39.8 Å². The molecule has 11 nitrogen and oxygen atoms in total. The van der Waals surface area contributed by atoms with Crippen molar-refractivity contribution >= 4 is 37.0 Å². The van der Waals surface area contributed by atoms with Crippen LogP contribution in [0.4, 0.5) is 0 Å². The number of hydrogen-bond donors (Lipinski definition) is 3. The number of imidazole rings is 1. The Balaban J connectivity index is 1.31. The van der Waals surface area contributed by atoms with Gasteiger partial charge in [-0.25, -0.2) is 26.5 Å². The van der Waals surface area contributed by atoms with Crippen LogP contribution in [0.15, 0.2) is 102 Å². The molecule has 0 aliphatic carbocycles. The van der Waals surface area contributed by atoms with Crippen LogP contribution in [0.25, 0.3) is 11.0 Å². The van der Waals surface area contributed by atoms with Crippen LogP contribution in [0.3, 0.4) is 0 Å². The molecule has 1 aliphatic rings. The van der Waals surface area contributed by atoms with E-state index in [-0.39, 0.29) is 17.7 Å². The number of nitrogens with zero attached hydrogens (tertiary/aromatic N) is 1. The van der Waals surface area contributed by atoms with E-state index in [1.165, 1.54) is 12.1 Å². The second kappa shape index (κ2) is 11.8. The molecule has 5 aromatic rings. The van der Waals surface area contributed by atoms with Gasteiger partial charge in [0.25, 0.3) is 0 Å². The van der Waals surface area contributed by atoms with Gasteiger partial charge in [0.15, 0.2) is 0 Å². The molecule has 226 valence electrons. The summed E-state index contributed by atoms with van der Waals surface area (Å²) in [5.41, 5.74) is 2.48. The van der Waals surface area contributed by atoms with Gasteiger partial charge >= 0.3 is 0 Å². The van der Waals surface area contributed by atoms with E-state index in [9.17, 15) is 21.6 Å². The number of ether oxygens (including phenoxy) is 2. The minimum Gasteiger partial charge on any atom is -0.497 e. The monoisotopic (exact) mass is 632 g/mol. The molecule has 44 heavy (non-hydrogen) atoms. The summed E-state index contributed by atoms with van der Waals surface area (Å²) in [6.07, 6.45) is 0.0326. The SMILES string of the molecule is COc1ccc2nc([C@H](Cc3ccc(C4CC(=O)NS4(=O)=O)cc3)NS(=O)(=O)c3cccc(Oc4ccccc4)c3)[nH]c2c1. The number of H-pyrrole nitrogens is 1. The van der Waals surface area contributed by atoms with Crippen LogP contribution < -0.4 is 18.9 Å². The zero-order valence-electron chi connectivity index (χ0n) is 23.4. The molecule has 13 heteroatoms. The lowest BCUT2D eigenvalue weighted by Crippen LogP contribution is -2.31. The molecule has 2 heterocycles. The summed E-state index contributed by atoms with van der Waals surface area (Å²) in [5, 5.41) is -0.978. The molecule has 6 rings (SSSR count). The number of aromatic amines is 1. The molecule has 0 spiro atoms. The fraction of sp³-hybridized carbons (Fsp3) is 0.161. The highest BCUT2D eigenvalue weighted by Crippen LogP contribution is 2.31. The Kier molecular flexibility index (Phi) is 7.84. The lowest BCUT2D eigenvalue weighted by molar-refractivity contribution is -0.118. The Morgan fingerprint density at radius 1 is 0.932 bits per heavy atom. The van der Waals surface area contributed by atoms with Crippen LogP contribution in [0, 0.1) is 0 Å². The first-order chi connectivity index (χ1) is 21.1. The number of carbonyl (C=O) groups excluding carboxylic acids is 1. The molecule has 1 fully saturated rings. The molecule has 3 N–H and O–H groups in total. The number of benzene rings is 4. The van der Waals surface area contributed by atoms with E-state index < -0.39 is 37.2 Å². The quantitative estimate of drug-likeness (QED) is 0.203. The molecule has 4 aromatic carbocycles. The number of fused-ring (bicyclic) bond motifs is 1. The van der Waals surface area contributed by atoms with Gasteiger partial charge in [-0.05, 0) is 53.9 Å². The maximum atomic E-state index is 13.7. The standard InChI is InChI=1S/C31H28N4O7S2/c1-41-23-14-15-26-27(18-23)33-31(32-26)28(16-20-10-12-21(13-11-20)29-19-30(36)35-44(29,39)40)34-43(37,38)25-9-5-8-24(17-25)42-22-6-3-2-4-7-22/h2-15,17-18,28-29,34H,16,19H2,1H3,(H,32,33)(H,35,36)/t28-,29?/m0/s1. The zero-order valence-corrected chi connectivity index (χ0v) is 25.1. The van der Waals surface area contributed by atoms with Gasteiger partial charge in [-0.1, -0.05) is 48.5 Å². The maximum absolute atomic E-state index is 13.7. The molecule has 0 saturated carbocycles. The van der Waals surface area contributed by atoms with Crippen LogP contribution in [0.5, 0.6) is 17.2 Å². The van der Waals surface area contributed by atoms with E-state index in [0.717, 1.165) is 5.56 Å². The van der Waals surface area contributed by atoms with Crippen molar-refractivity contribution in [1.29, 1.82) is 0 Å². The average Bonchev–Trinajstić information content (AvgIpc) is 3.56. The first-order valence-electron chi connectivity index (χ1n) is 13.6. The normalized spacial score (nSPS) is 16.8. The van der Waals surface area contributed by atoms with Gasteiger partial charge in [-0.3, -0.25) is 9.52 Å². The van der Waals surface area contributed by atoms with Gasteiger partial charge in [0.1, 0.15) is 28.3 Å². The third-order valence-corrected chi connectivity index (χ3v) is 10.4. The van der Waals surface area contributed by atoms with Gasteiger partial charge in [0, 0.05) is 12.1 Å². The number of carbonyl (C=O) groups is 1. The number of rotatable bonds is 10. The number of sulfonamides is 2. The van der Waals surface area contributed by atoms with Crippen molar-refractivity contribution in [3.05, 3.63) is 114 Å². The molecule has 1 amide bonds. The third kappa shape index (κ3) is 6.30. The van der Waals surface area contributed by atoms with E-state index in [1.807, 2.05) is 22.9 Å². The molecular formula is C31H28N4O7S2. The van der Waals surface area contributed by atoms with Crippen LogP contribution >= 0.6 is 0 Å². The Labute approximate surface area is 254 Å². The lowest BCUT2D eigenvalue weighted by atomic mass is 10.0. The smallest absolute Gasteiger partial charge is 0.242 e. The zero-order chi connectivity index (χ0) is 30.9. The highest BCUT2D eigenvalue weighted by molar-refractivity contribution is 7.90. The van der Waals surface area contributed by atoms with Gasteiger partial charge in [0.2, 0.25) is 26.0 Å². The number of amides is 1. The summed E-state index contributed by atoms with van der Waals surface area (Å²) in [4.78, 5) is 19.6. The van der Waals surface area contributed by atoms with Gasteiger partial charge in [-0.2, -0.15) is 0 Å². The second-order valence-corrected chi connectivity index (χ2v) is 13.9.